The first kappa shape index (κ1) is 21.2. The number of hydrogen-bond acceptors (Lipinski definition) is 9. The molecule has 0 spiro atoms. The number of nitrogens with one attached hydrogen (secondary N) is 3. The zero-order valence-electron chi connectivity index (χ0n) is 17.4. The highest BCUT2D eigenvalue weighted by atomic mass is 35.5. The summed E-state index contributed by atoms with van der Waals surface area (Å²) in [6, 6.07) is 5.16. The first-order valence-electron chi connectivity index (χ1n) is 10.0. The van der Waals surface area contributed by atoms with Crippen molar-refractivity contribution in [2.75, 3.05) is 22.1 Å². The van der Waals surface area contributed by atoms with Crippen molar-refractivity contribution in [1.82, 2.24) is 29.5 Å². The van der Waals surface area contributed by atoms with Gasteiger partial charge in [0.2, 0.25) is 11.9 Å². The Hall–Kier alpha value is -3.71. The number of amides is 2. The fourth-order valence-electron chi connectivity index (χ4n) is 3.82. The molecule has 0 saturated carbocycles. The summed E-state index contributed by atoms with van der Waals surface area (Å²) in [5, 5.41) is 13.0. The molecule has 1 aliphatic heterocycles. The van der Waals surface area contributed by atoms with E-state index in [4.69, 9.17) is 17.3 Å². The first-order chi connectivity index (χ1) is 15.8. The highest BCUT2D eigenvalue weighted by Gasteiger charge is 2.45. The monoisotopic (exact) mass is 486 g/mol. The third-order valence-corrected chi connectivity index (χ3v) is 6.56. The predicted octanol–water partition coefficient (Wildman–Crippen LogP) is 2.40. The van der Waals surface area contributed by atoms with E-state index in [0.29, 0.717) is 45.8 Å². The van der Waals surface area contributed by atoms with Gasteiger partial charge >= 0.3 is 0 Å². The molecule has 1 saturated heterocycles. The summed E-state index contributed by atoms with van der Waals surface area (Å²) in [6.45, 7) is 2.46. The van der Waals surface area contributed by atoms with E-state index in [9.17, 15) is 9.59 Å². The molecule has 170 valence electrons. The zero-order chi connectivity index (χ0) is 23.2. The van der Waals surface area contributed by atoms with E-state index >= 15 is 0 Å². The van der Waals surface area contributed by atoms with Gasteiger partial charge in [-0.05, 0) is 31.9 Å². The van der Waals surface area contributed by atoms with Gasteiger partial charge in [-0.1, -0.05) is 22.9 Å². The summed E-state index contributed by atoms with van der Waals surface area (Å²) in [5.74, 6) is 0.347. The molecule has 0 aliphatic carbocycles. The maximum absolute atomic E-state index is 13.2. The highest BCUT2D eigenvalue weighted by Crippen LogP contribution is 2.35. The van der Waals surface area contributed by atoms with Crippen LogP contribution in [0.4, 0.5) is 22.8 Å². The van der Waals surface area contributed by atoms with Gasteiger partial charge in [-0.2, -0.15) is 15.1 Å². The van der Waals surface area contributed by atoms with Gasteiger partial charge in [-0.25, -0.2) is 4.98 Å². The van der Waals surface area contributed by atoms with Gasteiger partial charge in [0.15, 0.2) is 10.9 Å². The summed E-state index contributed by atoms with van der Waals surface area (Å²) in [7, 11) is 0. The number of anilines is 4. The number of primary amides is 1. The summed E-state index contributed by atoms with van der Waals surface area (Å²) >= 11 is 7.14. The molecule has 0 bridgehead atoms. The lowest BCUT2D eigenvalue weighted by Gasteiger charge is -2.33. The van der Waals surface area contributed by atoms with Crippen LogP contribution in [0.5, 0.6) is 0 Å². The number of nitrogens with zero attached hydrogens (tertiary/aromatic N) is 6. The summed E-state index contributed by atoms with van der Waals surface area (Å²) in [6.07, 6.45) is 4.71. The van der Waals surface area contributed by atoms with Crippen molar-refractivity contribution in [3.63, 3.8) is 0 Å². The lowest BCUT2D eigenvalue weighted by atomic mass is 9.98. The van der Waals surface area contributed by atoms with Crippen molar-refractivity contribution in [3.05, 3.63) is 40.6 Å². The van der Waals surface area contributed by atoms with Crippen LogP contribution in [0.3, 0.4) is 0 Å². The summed E-state index contributed by atoms with van der Waals surface area (Å²) < 4.78 is 2.24. The molecule has 0 aromatic carbocycles. The van der Waals surface area contributed by atoms with Crippen LogP contribution in [0.15, 0.2) is 30.6 Å². The normalized spacial score (nSPS) is 18.1. The number of halogens is 1. The number of carbonyl (C=O) groups is 2. The Labute approximate surface area is 196 Å². The van der Waals surface area contributed by atoms with Gasteiger partial charge in [0.05, 0.1) is 6.20 Å². The van der Waals surface area contributed by atoms with Crippen LogP contribution in [0, 0.1) is 0 Å². The minimum absolute atomic E-state index is 0.168. The number of nitrogens with two attached hydrogens (primary N) is 1. The predicted molar refractivity (Wildman–Crippen MR) is 124 cm³/mol. The van der Waals surface area contributed by atoms with Crippen molar-refractivity contribution in [3.8, 4) is 0 Å². The molecule has 5 N–H and O–H groups in total. The Bertz CT molecular complexity index is 1360. The Kier molecular flexibility index (Phi) is 5.13. The van der Waals surface area contributed by atoms with Crippen LogP contribution in [0.2, 0.25) is 4.34 Å². The number of fused-ring (bicyclic) bond motifs is 1. The Morgan fingerprint density at radius 2 is 2.21 bits per heavy atom. The minimum Gasteiger partial charge on any atom is -0.364 e. The van der Waals surface area contributed by atoms with Crippen molar-refractivity contribution in [1.29, 1.82) is 0 Å². The van der Waals surface area contributed by atoms with E-state index in [1.54, 1.807) is 10.6 Å². The average molecular weight is 487 g/mol. The molecule has 4 aromatic heterocycles. The number of carbonyl (C=O) groups excluding carboxylic acids is 2. The molecule has 12 nitrogen and oxygen atoms in total. The smallest absolute Gasteiger partial charge is 0.266 e. The second-order valence-corrected chi connectivity index (χ2v) is 9.35. The molecular formula is C19H19ClN10O2S. The van der Waals surface area contributed by atoms with Gasteiger partial charge in [0.1, 0.15) is 21.2 Å². The maximum atomic E-state index is 13.2. The largest absolute Gasteiger partial charge is 0.364 e. The fraction of sp³-hybridized carbons (Fsp3) is 0.263. The van der Waals surface area contributed by atoms with Gasteiger partial charge in [-0.15, -0.1) is 0 Å². The van der Waals surface area contributed by atoms with E-state index in [2.05, 4.69) is 35.8 Å². The van der Waals surface area contributed by atoms with Crippen molar-refractivity contribution in [2.45, 2.75) is 25.3 Å². The van der Waals surface area contributed by atoms with Crippen LogP contribution < -0.4 is 21.3 Å². The highest BCUT2D eigenvalue weighted by molar-refractivity contribution is 7.19. The average Bonchev–Trinajstić information content (AvgIpc) is 3.55. The molecule has 1 atom stereocenters. The van der Waals surface area contributed by atoms with Crippen LogP contribution in [0.25, 0.3) is 5.65 Å². The first-order valence-corrected chi connectivity index (χ1v) is 11.2. The third kappa shape index (κ3) is 3.85. The second-order valence-electron chi connectivity index (χ2n) is 7.69. The summed E-state index contributed by atoms with van der Waals surface area (Å²) in [5.41, 5.74) is 5.21. The van der Waals surface area contributed by atoms with Gasteiger partial charge in [0, 0.05) is 18.8 Å². The number of rotatable bonds is 6. The fourth-order valence-corrected chi connectivity index (χ4v) is 4.62. The maximum Gasteiger partial charge on any atom is 0.266 e. The van der Waals surface area contributed by atoms with E-state index < -0.39 is 11.4 Å². The summed E-state index contributed by atoms with van der Waals surface area (Å²) in [4.78, 5) is 39.9. The van der Waals surface area contributed by atoms with Crippen molar-refractivity contribution in [2.24, 2.45) is 5.73 Å². The second kappa shape index (κ2) is 8.01. The molecule has 5 heterocycles. The van der Waals surface area contributed by atoms with Gasteiger partial charge < -0.3 is 16.0 Å². The third-order valence-electron chi connectivity index (χ3n) is 5.53. The van der Waals surface area contributed by atoms with Crippen LogP contribution in [0.1, 0.15) is 30.3 Å². The van der Waals surface area contributed by atoms with Crippen molar-refractivity contribution < 1.29 is 9.59 Å². The van der Waals surface area contributed by atoms with Crippen LogP contribution >= 0.6 is 22.9 Å². The van der Waals surface area contributed by atoms with Crippen molar-refractivity contribution >= 4 is 63.2 Å². The number of aromatic nitrogens is 6. The molecule has 5 rings (SSSR count). The standard InChI is InChI=1S/C19H19ClN10O2S/c1-19(15(32)25-18-22-9-11(20)33-18)5-3-7-30(19)17-24-13-4-2-6-29(13)16(26-17)23-12-8-10(14(21)31)27-28-12/h2,4,6,8-9H,3,5,7H2,1H3,(H2,21,31)(H,22,25,32)(H2,23,24,26,27,28). The SMILES string of the molecule is CC1(C(=O)Nc2ncc(Cl)s2)CCCN1c1nc(Nc2cc(C(N)=O)[nH]n2)n2cccc2n1. The molecule has 2 amide bonds. The van der Waals surface area contributed by atoms with E-state index in [-0.39, 0.29) is 11.6 Å². The molecule has 1 unspecified atom stereocenters. The van der Waals surface area contributed by atoms with Crippen LogP contribution in [-0.4, -0.2) is 53.4 Å². The zero-order valence-corrected chi connectivity index (χ0v) is 18.9. The van der Waals surface area contributed by atoms with Gasteiger partial charge in [-0.3, -0.25) is 24.4 Å². The quantitative estimate of drug-likeness (QED) is 0.323. The number of H-pyrrole nitrogens is 1. The molecular weight excluding hydrogens is 468 g/mol. The molecule has 14 heteroatoms. The number of aromatic amines is 1. The lowest BCUT2D eigenvalue weighted by molar-refractivity contribution is -0.120. The van der Waals surface area contributed by atoms with E-state index in [0.717, 1.165) is 6.42 Å². The molecule has 1 fully saturated rings. The Morgan fingerprint density at radius 1 is 1.36 bits per heavy atom. The topological polar surface area (TPSA) is 159 Å². The molecule has 0 radical (unpaired) electrons. The lowest BCUT2D eigenvalue weighted by Crippen LogP contribution is -2.51. The Morgan fingerprint density at radius 3 is 2.94 bits per heavy atom. The molecule has 1 aliphatic rings. The van der Waals surface area contributed by atoms with E-state index in [1.165, 1.54) is 23.6 Å². The van der Waals surface area contributed by atoms with E-state index in [1.807, 2.05) is 24.0 Å². The van der Waals surface area contributed by atoms with Gasteiger partial charge in [0.25, 0.3) is 11.8 Å². The Balaban J connectivity index is 1.48. The molecule has 33 heavy (non-hydrogen) atoms. The number of thiazole rings is 1. The minimum atomic E-state index is -0.883. The molecule has 4 aromatic rings. The number of hydrogen-bond donors (Lipinski definition) is 4. The van der Waals surface area contributed by atoms with Crippen LogP contribution in [-0.2, 0) is 4.79 Å².